The van der Waals surface area contributed by atoms with Gasteiger partial charge in [0.1, 0.15) is 5.82 Å². The van der Waals surface area contributed by atoms with Gasteiger partial charge >= 0.3 is 0 Å². The number of hydrogen-bond acceptors (Lipinski definition) is 8. The smallest absolute Gasteiger partial charge is 0.273 e. The molecule has 2 aromatic carbocycles. The van der Waals surface area contributed by atoms with Crippen LogP contribution in [0.2, 0.25) is 0 Å². The number of para-hydroxylation sites is 1. The summed E-state index contributed by atoms with van der Waals surface area (Å²) in [7, 11) is 0. The molecule has 1 saturated heterocycles. The van der Waals surface area contributed by atoms with Gasteiger partial charge < -0.3 is 9.80 Å². The van der Waals surface area contributed by atoms with Crippen LogP contribution in [0.5, 0.6) is 0 Å². The highest BCUT2D eigenvalue weighted by atomic mass is 32.1. The average molecular weight is 490 g/mol. The average Bonchev–Trinajstić information content (AvgIpc) is 3.57. The highest BCUT2D eigenvalue weighted by Crippen LogP contribution is 2.25. The van der Waals surface area contributed by atoms with Crippen LogP contribution in [-0.2, 0) is 6.42 Å². The van der Waals surface area contributed by atoms with E-state index in [0.717, 1.165) is 10.8 Å². The number of amides is 1. The van der Waals surface area contributed by atoms with E-state index < -0.39 is 0 Å². The first-order chi connectivity index (χ1) is 17.0. The van der Waals surface area contributed by atoms with Gasteiger partial charge in [-0.05, 0) is 37.3 Å². The molecule has 1 unspecified atom stereocenters. The summed E-state index contributed by atoms with van der Waals surface area (Å²) in [5.41, 5.74) is 2.20. The molecule has 0 aliphatic carbocycles. The minimum atomic E-state index is -0.383. The van der Waals surface area contributed by atoms with E-state index in [1.54, 1.807) is 29.1 Å². The van der Waals surface area contributed by atoms with Gasteiger partial charge in [-0.1, -0.05) is 18.2 Å². The molecule has 178 valence electrons. The van der Waals surface area contributed by atoms with Gasteiger partial charge in [-0.25, -0.2) is 9.67 Å². The number of carbonyl (C=O) groups excluding carboxylic acids is 1. The zero-order valence-electron chi connectivity index (χ0n) is 19.0. The number of anilines is 1. The summed E-state index contributed by atoms with van der Waals surface area (Å²) in [6.45, 7) is 3.87. The number of nitrogens with zero attached hydrogens (tertiary/aromatic N) is 7. The van der Waals surface area contributed by atoms with E-state index in [-0.39, 0.29) is 22.6 Å². The van der Waals surface area contributed by atoms with Gasteiger partial charge in [0.25, 0.3) is 11.6 Å². The van der Waals surface area contributed by atoms with Crippen LogP contribution in [0, 0.1) is 10.1 Å². The third-order valence-electron chi connectivity index (χ3n) is 6.04. The number of piperazine rings is 1. The van der Waals surface area contributed by atoms with Crippen molar-refractivity contribution in [1.29, 1.82) is 0 Å². The highest BCUT2D eigenvalue weighted by molar-refractivity contribution is 7.09. The van der Waals surface area contributed by atoms with Crippen LogP contribution < -0.4 is 4.90 Å². The third kappa shape index (κ3) is 4.76. The second-order valence-corrected chi connectivity index (χ2v) is 9.08. The molecule has 1 atom stereocenters. The Morgan fingerprint density at radius 2 is 1.94 bits per heavy atom. The standard InChI is InChI=1S/C24H23N7O3S/c1-17-16-28(24-26-22(27-35-24)15-19-5-2-3-6-21(19)31(33)34)13-14-29(17)23(32)18-7-9-20(10-8-18)30-12-4-11-25-30/h2-12,17H,13-16H2,1H3. The second-order valence-electron chi connectivity index (χ2n) is 8.35. The molecule has 1 aliphatic rings. The predicted molar refractivity (Wildman–Crippen MR) is 132 cm³/mol. The van der Waals surface area contributed by atoms with Crippen LogP contribution in [0.3, 0.4) is 0 Å². The van der Waals surface area contributed by atoms with Gasteiger partial charge in [0.05, 0.1) is 10.6 Å². The minimum absolute atomic E-state index is 0.00138. The Labute approximate surface area is 205 Å². The van der Waals surface area contributed by atoms with Crippen molar-refractivity contribution in [3.8, 4) is 5.69 Å². The Bertz CT molecular complexity index is 1340. The lowest BCUT2D eigenvalue weighted by Gasteiger charge is -2.39. The molecule has 0 radical (unpaired) electrons. The van der Waals surface area contributed by atoms with E-state index >= 15 is 0 Å². The molecule has 0 saturated carbocycles. The molecular formula is C24H23N7O3S. The molecule has 3 heterocycles. The van der Waals surface area contributed by atoms with Gasteiger partial charge in [-0.15, -0.1) is 0 Å². The third-order valence-corrected chi connectivity index (χ3v) is 6.85. The van der Waals surface area contributed by atoms with Crippen molar-refractivity contribution in [1.82, 2.24) is 24.0 Å². The summed E-state index contributed by atoms with van der Waals surface area (Å²) in [6.07, 6.45) is 3.88. The number of hydrogen-bond donors (Lipinski definition) is 0. The fourth-order valence-corrected chi connectivity index (χ4v) is 4.95. The lowest BCUT2D eigenvalue weighted by molar-refractivity contribution is -0.385. The molecule has 2 aromatic heterocycles. The number of nitro benzene ring substituents is 1. The lowest BCUT2D eigenvalue weighted by Crippen LogP contribution is -2.54. The van der Waals surface area contributed by atoms with Crippen LogP contribution in [0.1, 0.15) is 28.7 Å². The van der Waals surface area contributed by atoms with E-state index in [1.807, 2.05) is 48.4 Å². The zero-order chi connectivity index (χ0) is 24.4. The normalized spacial score (nSPS) is 15.9. The molecule has 1 fully saturated rings. The van der Waals surface area contributed by atoms with Crippen molar-refractivity contribution >= 4 is 28.3 Å². The topological polar surface area (TPSA) is 110 Å². The summed E-state index contributed by atoms with van der Waals surface area (Å²) in [6, 6.07) is 15.9. The molecule has 0 bridgehead atoms. The molecule has 35 heavy (non-hydrogen) atoms. The first-order valence-corrected chi connectivity index (χ1v) is 12.0. The fourth-order valence-electron chi connectivity index (χ4n) is 4.23. The van der Waals surface area contributed by atoms with Gasteiger partial charge in [-0.2, -0.15) is 9.47 Å². The summed E-state index contributed by atoms with van der Waals surface area (Å²) in [4.78, 5) is 32.7. The van der Waals surface area contributed by atoms with Crippen molar-refractivity contribution < 1.29 is 9.72 Å². The minimum Gasteiger partial charge on any atom is -0.343 e. The Morgan fingerprint density at radius 3 is 2.66 bits per heavy atom. The summed E-state index contributed by atoms with van der Waals surface area (Å²) in [5, 5.41) is 16.3. The van der Waals surface area contributed by atoms with E-state index in [2.05, 4.69) is 19.4 Å². The van der Waals surface area contributed by atoms with E-state index in [0.29, 0.717) is 43.0 Å². The largest absolute Gasteiger partial charge is 0.343 e. The summed E-state index contributed by atoms with van der Waals surface area (Å²) < 4.78 is 6.17. The molecule has 0 spiro atoms. The molecular weight excluding hydrogens is 466 g/mol. The zero-order valence-corrected chi connectivity index (χ0v) is 19.8. The lowest BCUT2D eigenvalue weighted by atomic mass is 10.1. The first-order valence-electron chi connectivity index (χ1n) is 11.2. The number of aromatic nitrogens is 4. The molecule has 11 heteroatoms. The second kappa shape index (κ2) is 9.63. The van der Waals surface area contributed by atoms with E-state index in [1.165, 1.54) is 17.6 Å². The predicted octanol–water partition coefficient (Wildman–Crippen LogP) is 3.57. The number of rotatable bonds is 6. The maximum absolute atomic E-state index is 13.1. The number of benzene rings is 2. The molecule has 1 amide bonds. The van der Waals surface area contributed by atoms with Crippen LogP contribution in [-0.4, -0.2) is 60.5 Å². The number of carbonyl (C=O) groups is 1. The van der Waals surface area contributed by atoms with Gasteiger partial charge in [0.2, 0.25) is 5.13 Å². The highest BCUT2D eigenvalue weighted by Gasteiger charge is 2.30. The fraction of sp³-hybridized carbons (Fsp3) is 0.250. The quantitative estimate of drug-likeness (QED) is 0.301. The molecule has 4 aromatic rings. The van der Waals surface area contributed by atoms with Crippen LogP contribution in [0.15, 0.2) is 67.0 Å². The Morgan fingerprint density at radius 1 is 1.14 bits per heavy atom. The molecule has 10 nitrogen and oxygen atoms in total. The Hall–Kier alpha value is -4.12. The summed E-state index contributed by atoms with van der Waals surface area (Å²) in [5.74, 6) is 0.557. The molecule has 1 aliphatic heterocycles. The maximum Gasteiger partial charge on any atom is 0.273 e. The van der Waals surface area contributed by atoms with E-state index in [4.69, 9.17) is 0 Å². The SMILES string of the molecule is CC1CN(c2nc(Cc3ccccc3[N+](=O)[O-])ns2)CCN1C(=O)c1ccc(-n2cccn2)cc1. The van der Waals surface area contributed by atoms with Crippen molar-refractivity contribution in [2.24, 2.45) is 0 Å². The monoisotopic (exact) mass is 489 g/mol. The van der Waals surface area contributed by atoms with Crippen LogP contribution in [0.4, 0.5) is 10.8 Å². The van der Waals surface area contributed by atoms with Crippen molar-refractivity contribution in [2.45, 2.75) is 19.4 Å². The maximum atomic E-state index is 13.1. The van der Waals surface area contributed by atoms with Gasteiger partial charge in [0.15, 0.2) is 0 Å². The van der Waals surface area contributed by atoms with E-state index in [9.17, 15) is 14.9 Å². The Kier molecular flexibility index (Phi) is 6.23. The summed E-state index contributed by atoms with van der Waals surface area (Å²) >= 11 is 1.28. The van der Waals surface area contributed by atoms with Crippen LogP contribution in [0.25, 0.3) is 5.69 Å². The Balaban J connectivity index is 1.23. The first kappa shape index (κ1) is 22.7. The molecule has 0 N–H and O–H groups in total. The van der Waals surface area contributed by atoms with Crippen molar-refractivity contribution in [3.05, 3.63) is 94.1 Å². The van der Waals surface area contributed by atoms with Gasteiger partial charge in [-0.3, -0.25) is 14.9 Å². The molecule has 5 rings (SSSR count). The van der Waals surface area contributed by atoms with Crippen molar-refractivity contribution in [2.75, 3.05) is 24.5 Å². The van der Waals surface area contributed by atoms with Crippen molar-refractivity contribution in [3.63, 3.8) is 0 Å². The van der Waals surface area contributed by atoms with Crippen LogP contribution >= 0.6 is 11.5 Å². The van der Waals surface area contributed by atoms with Gasteiger partial charge in [0, 0.05) is 73.2 Å². The number of nitro groups is 1.